The van der Waals surface area contributed by atoms with Crippen molar-refractivity contribution in [1.29, 1.82) is 0 Å². The molecule has 0 spiro atoms. The highest BCUT2D eigenvalue weighted by molar-refractivity contribution is 6.20. The summed E-state index contributed by atoms with van der Waals surface area (Å²) in [6, 6.07) is 6.20. The molecule has 1 saturated carbocycles. The van der Waals surface area contributed by atoms with Crippen LogP contribution in [-0.2, 0) is 11.2 Å². The molecule has 0 bridgehead atoms. The molecule has 1 atom stereocenters. The van der Waals surface area contributed by atoms with Gasteiger partial charge in [-0.05, 0) is 29.5 Å². The Labute approximate surface area is 107 Å². The van der Waals surface area contributed by atoms with Crippen LogP contribution in [0.5, 0.6) is 0 Å². The van der Waals surface area contributed by atoms with Gasteiger partial charge in [0, 0.05) is 12.7 Å². The molecule has 0 radical (unpaired) electrons. The standard InChI is InChI=1S/C14H16ClNO/c1-16-13-5-4-10(7-11(13)8-14(16)17)12(15)6-9-2-3-9/h4-5,7,9,12H,2-3,6,8H2,1H3. The van der Waals surface area contributed by atoms with E-state index in [1.54, 1.807) is 4.90 Å². The van der Waals surface area contributed by atoms with E-state index in [9.17, 15) is 4.79 Å². The molecular formula is C14H16ClNO. The van der Waals surface area contributed by atoms with Crippen LogP contribution in [0.2, 0.25) is 0 Å². The number of benzene rings is 1. The molecule has 3 rings (SSSR count). The summed E-state index contributed by atoms with van der Waals surface area (Å²) in [6.45, 7) is 0. The Balaban J connectivity index is 1.83. The van der Waals surface area contributed by atoms with Crippen molar-refractivity contribution < 1.29 is 4.79 Å². The van der Waals surface area contributed by atoms with Gasteiger partial charge in [-0.15, -0.1) is 11.6 Å². The van der Waals surface area contributed by atoms with Crippen LogP contribution in [0, 0.1) is 5.92 Å². The Hall–Kier alpha value is -1.02. The normalized spacial score (nSPS) is 20.6. The zero-order chi connectivity index (χ0) is 12.0. The third-order valence-corrected chi connectivity index (χ3v) is 4.21. The van der Waals surface area contributed by atoms with Gasteiger partial charge in [0.25, 0.3) is 0 Å². The SMILES string of the molecule is CN1C(=O)Cc2cc(C(Cl)CC3CC3)ccc21. The first-order chi connectivity index (χ1) is 8.15. The van der Waals surface area contributed by atoms with Gasteiger partial charge in [-0.25, -0.2) is 0 Å². The maximum absolute atomic E-state index is 11.6. The van der Waals surface area contributed by atoms with Gasteiger partial charge in [0.15, 0.2) is 0 Å². The predicted molar refractivity (Wildman–Crippen MR) is 69.5 cm³/mol. The summed E-state index contributed by atoms with van der Waals surface area (Å²) in [5.74, 6) is 1.00. The van der Waals surface area contributed by atoms with Gasteiger partial charge in [0.2, 0.25) is 5.91 Å². The number of fused-ring (bicyclic) bond motifs is 1. The van der Waals surface area contributed by atoms with Gasteiger partial charge >= 0.3 is 0 Å². The highest BCUT2D eigenvalue weighted by Crippen LogP contribution is 2.41. The minimum absolute atomic E-state index is 0.105. The molecule has 0 N–H and O–H groups in total. The van der Waals surface area contributed by atoms with Crippen LogP contribution in [0.15, 0.2) is 18.2 Å². The molecule has 1 fully saturated rings. The number of amides is 1. The second-order valence-corrected chi connectivity index (χ2v) is 5.69. The summed E-state index contributed by atoms with van der Waals surface area (Å²) >= 11 is 6.42. The maximum Gasteiger partial charge on any atom is 0.231 e. The fourth-order valence-corrected chi connectivity index (χ4v) is 2.85. The fourth-order valence-electron chi connectivity index (χ4n) is 2.47. The fraction of sp³-hybridized carbons (Fsp3) is 0.500. The first kappa shape index (κ1) is 11.1. The minimum Gasteiger partial charge on any atom is -0.315 e. The lowest BCUT2D eigenvalue weighted by Crippen LogP contribution is -2.20. The van der Waals surface area contributed by atoms with Crippen LogP contribution >= 0.6 is 11.6 Å². The number of alkyl halides is 1. The van der Waals surface area contributed by atoms with Crippen LogP contribution in [0.3, 0.4) is 0 Å². The number of hydrogen-bond acceptors (Lipinski definition) is 1. The third-order valence-electron chi connectivity index (χ3n) is 3.78. The van der Waals surface area contributed by atoms with Gasteiger partial charge in [0.1, 0.15) is 0 Å². The molecule has 17 heavy (non-hydrogen) atoms. The second-order valence-electron chi connectivity index (χ2n) is 5.16. The van der Waals surface area contributed by atoms with E-state index in [1.165, 1.54) is 18.4 Å². The molecule has 0 aromatic heterocycles. The largest absolute Gasteiger partial charge is 0.315 e. The second kappa shape index (κ2) is 4.02. The summed E-state index contributed by atoms with van der Waals surface area (Å²) in [4.78, 5) is 13.3. The molecule has 2 nitrogen and oxygen atoms in total. The molecule has 1 amide bonds. The number of hydrogen-bond donors (Lipinski definition) is 0. The topological polar surface area (TPSA) is 20.3 Å². The van der Waals surface area contributed by atoms with Crippen molar-refractivity contribution in [3.05, 3.63) is 29.3 Å². The lowest BCUT2D eigenvalue weighted by atomic mass is 10.0. The number of likely N-dealkylation sites (N-methyl/N-ethyl adjacent to an activating group) is 1. The van der Waals surface area contributed by atoms with Crippen LogP contribution < -0.4 is 4.90 Å². The number of nitrogens with zero attached hydrogens (tertiary/aromatic N) is 1. The molecule has 1 heterocycles. The Morgan fingerprint density at radius 3 is 2.94 bits per heavy atom. The van der Waals surface area contributed by atoms with E-state index in [-0.39, 0.29) is 11.3 Å². The van der Waals surface area contributed by atoms with Crippen molar-refractivity contribution in [2.24, 2.45) is 5.92 Å². The quantitative estimate of drug-likeness (QED) is 0.753. The molecule has 0 saturated heterocycles. The molecule has 2 aliphatic rings. The Morgan fingerprint density at radius 2 is 2.24 bits per heavy atom. The van der Waals surface area contributed by atoms with Gasteiger partial charge in [0.05, 0.1) is 11.8 Å². The molecule has 90 valence electrons. The van der Waals surface area contributed by atoms with Crippen LogP contribution in [0.25, 0.3) is 0 Å². The summed E-state index contributed by atoms with van der Waals surface area (Å²) in [5, 5.41) is 0.105. The highest BCUT2D eigenvalue weighted by Gasteiger charge is 2.27. The molecule has 1 unspecified atom stereocenters. The highest BCUT2D eigenvalue weighted by atomic mass is 35.5. The van der Waals surface area contributed by atoms with Crippen molar-refractivity contribution in [3.63, 3.8) is 0 Å². The Bertz CT molecular complexity index is 467. The zero-order valence-corrected chi connectivity index (χ0v) is 10.7. The Morgan fingerprint density at radius 1 is 1.47 bits per heavy atom. The average molecular weight is 250 g/mol. The lowest BCUT2D eigenvalue weighted by molar-refractivity contribution is -0.117. The van der Waals surface area contributed by atoms with Crippen molar-refractivity contribution in [2.45, 2.75) is 31.1 Å². The smallest absolute Gasteiger partial charge is 0.231 e. The molecule has 1 aliphatic carbocycles. The van der Waals surface area contributed by atoms with E-state index in [0.717, 1.165) is 23.6 Å². The molecule has 1 aromatic carbocycles. The summed E-state index contributed by atoms with van der Waals surface area (Å²) < 4.78 is 0. The van der Waals surface area contributed by atoms with E-state index >= 15 is 0 Å². The molecule has 1 aromatic rings. The monoisotopic (exact) mass is 249 g/mol. The molecule has 1 aliphatic heterocycles. The van der Waals surface area contributed by atoms with Crippen molar-refractivity contribution in [3.8, 4) is 0 Å². The first-order valence-corrected chi connectivity index (χ1v) is 6.62. The van der Waals surface area contributed by atoms with E-state index in [2.05, 4.69) is 12.1 Å². The van der Waals surface area contributed by atoms with Gasteiger partial charge < -0.3 is 4.90 Å². The van der Waals surface area contributed by atoms with Crippen molar-refractivity contribution >= 4 is 23.2 Å². The first-order valence-electron chi connectivity index (χ1n) is 6.18. The van der Waals surface area contributed by atoms with E-state index in [4.69, 9.17) is 11.6 Å². The van der Waals surface area contributed by atoms with Crippen LogP contribution in [0.1, 0.15) is 35.8 Å². The summed E-state index contributed by atoms with van der Waals surface area (Å²) in [7, 11) is 1.83. The third kappa shape index (κ3) is 2.06. The van der Waals surface area contributed by atoms with E-state index < -0.39 is 0 Å². The molecule has 3 heteroatoms. The van der Waals surface area contributed by atoms with Gasteiger partial charge in [-0.3, -0.25) is 4.79 Å². The number of carbonyl (C=O) groups excluding carboxylic acids is 1. The zero-order valence-electron chi connectivity index (χ0n) is 9.95. The predicted octanol–water partition coefficient (Wildman–Crippen LogP) is 3.29. The molecular weight excluding hydrogens is 234 g/mol. The van der Waals surface area contributed by atoms with Gasteiger partial charge in [-0.1, -0.05) is 25.0 Å². The Kier molecular flexibility index (Phi) is 2.62. The van der Waals surface area contributed by atoms with E-state index in [0.29, 0.717) is 6.42 Å². The van der Waals surface area contributed by atoms with Crippen molar-refractivity contribution in [2.75, 3.05) is 11.9 Å². The average Bonchev–Trinajstić information content (AvgIpc) is 3.07. The summed E-state index contributed by atoms with van der Waals surface area (Å²) in [5.41, 5.74) is 3.32. The van der Waals surface area contributed by atoms with E-state index in [1.807, 2.05) is 13.1 Å². The van der Waals surface area contributed by atoms with Crippen molar-refractivity contribution in [1.82, 2.24) is 0 Å². The van der Waals surface area contributed by atoms with Crippen LogP contribution in [-0.4, -0.2) is 13.0 Å². The number of carbonyl (C=O) groups is 1. The van der Waals surface area contributed by atoms with Gasteiger partial charge in [-0.2, -0.15) is 0 Å². The lowest BCUT2D eigenvalue weighted by Gasteiger charge is -2.13. The van der Waals surface area contributed by atoms with Crippen LogP contribution in [0.4, 0.5) is 5.69 Å². The summed E-state index contributed by atoms with van der Waals surface area (Å²) in [6.07, 6.45) is 4.25. The number of halogens is 1. The maximum atomic E-state index is 11.6. The number of anilines is 1. The minimum atomic E-state index is 0.105. The number of rotatable bonds is 3.